The second kappa shape index (κ2) is 12.4. The van der Waals surface area contributed by atoms with Crippen LogP contribution in [0.2, 0.25) is 0 Å². The lowest BCUT2D eigenvalue weighted by Gasteiger charge is -2.35. The summed E-state index contributed by atoms with van der Waals surface area (Å²) in [5, 5.41) is 7.60. The summed E-state index contributed by atoms with van der Waals surface area (Å²) in [6.45, 7) is 0. The Kier molecular flexibility index (Phi) is 7.08. The molecule has 0 saturated heterocycles. The second-order valence-electron chi connectivity index (χ2n) is 14.3. The third-order valence-corrected chi connectivity index (χ3v) is 11.4. The Labute approximate surface area is 319 Å². The van der Waals surface area contributed by atoms with E-state index < -0.39 is 5.41 Å². The molecule has 0 radical (unpaired) electrons. The van der Waals surface area contributed by atoms with Gasteiger partial charge in [0.05, 0.1) is 5.41 Å². The fourth-order valence-corrected chi connectivity index (χ4v) is 9.06. The number of hydrogen-bond acceptors (Lipinski definition) is 3. The molecule has 0 amide bonds. The molecule has 0 fully saturated rings. The van der Waals surface area contributed by atoms with Gasteiger partial charge in [0.1, 0.15) is 0 Å². The average molecular weight is 700 g/mol. The Morgan fingerprint density at radius 3 is 1.25 bits per heavy atom. The van der Waals surface area contributed by atoms with Crippen molar-refractivity contribution in [2.24, 2.45) is 0 Å². The number of aromatic nitrogens is 3. The van der Waals surface area contributed by atoms with Crippen LogP contribution in [-0.4, -0.2) is 15.0 Å². The summed E-state index contributed by atoms with van der Waals surface area (Å²) in [6, 6.07) is 71.8. The third-order valence-electron chi connectivity index (χ3n) is 11.4. The standard InChI is InChI=1S/C52H33N3/c1-5-17-34(18-6-1)49-53-50(35-19-7-2-8-20-35)55-51(54-49)36-29-32-46-45(33-36)44-31-30-43-41-27-14-13-25-39(41)40-26-15-16-28-42(40)47(43)48(44)52(46,37-21-9-3-10-22-37)38-23-11-4-12-24-38/h1-33H. The van der Waals surface area contributed by atoms with Crippen molar-refractivity contribution in [2.45, 2.75) is 5.41 Å². The fourth-order valence-electron chi connectivity index (χ4n) is 9.06. The number of rotatable bonds is 5. The molecule has 1 aromatic heterocycles. The molecular formula is C52H33N3. The number of fused-ring (bicyclic) bond motifs is 10. The van der Waals surface area contributed by atoms with Crippen LogP contribution in [0.1, 0.15) is 22.3 Å². The van der Waals surface area contributed by atoms with E-state index in [1.54, 1.807) is 0 Å². The summed E-state index contributed by atoms with van der Waals surface area (Å²) in [7, 11) is 0. The fraction of sp³-hybridized carbons (Fsp3) is 0.0192. The monoisotopic (exact) mass is 699 g/mol. The van der Waals surface area contributed by atoms with Gasteiger partial charge in [0, 0.05) is 16.7 Å². The number of hydrogen-bond donors (Lipinski definition) is 0. The van der Waals surface area contributed by atoms with Crippen LogP contribution in [0.25, 0.3) is 77.6 Å². The van der Waals surface area contributed by atoms with Gasteiger partial charge in [0.25, 0.3) is 0 Å². The van der Waals surface area contributed by atoms with Crippen LogP contribution in [0.3, 0.4) is 0 Å². The zero-order chi connectivity index (χ0) is 36.3. The van der Waals surface area contributed by atoms with E-state index in [-0.39, 0.29) is 0 Å². The van der Waals surface area contributed by atoms with Gasteiger partial charge >= 0.3 is 0 Å². The molecule has 0 N–H and O–H groups in total. The molecule has 11 rings (SSSR count). The first-order valence-electron chi connectivity index (χ1n) is 18.8. The lowest BCUT2D eigenvalue weighted by molar-refractivity contribution is 0.776. The van der Waals surface area contributed by atoms with Gasteiger partial charge < -0.3 is 0 Å². The first-order valence-corrected chi connectivity index (χ1v) is 18.8. The van der Waals surface area contributed by atoms with Crippen LogP contribution in [-0.2, 0) is 5.41 Å². The minimum absolute atomic E-state index is 0.597. The molecule has 0 saturated carbocycles. The second-order valence-corrected chi connectivity index (χ2v) is 14.3. The topological polar surface area (TPSA) is 38.7 Å². The molecule has 0 bridgehead atoms. The Balaban J connectivity index is 1.26. The highest BCUT2D eigenvalue weighted by Gasteiger charge is 2.47. The van der Waals surface area contributed by atoms with Crippen LogP contribution in [0.5, 0.6) is 0 Å². The van der Waals surface area contributed by atoms with E-state index in [2.05, 4.69) is 164 Å². The molecule has 1 heterocycles. The Bertz CT molecular complexity index is 2940. The first-order chi connectivity index (χ1) is 27.3. The van der Waals surface area contributed by atoms with Crippen molar-refractivity contribution >= 4 is 32.3 Å². The quantitative estimate of drug-likeness (QED) is 0.168. The van der Waals surface area contributed by atoms with Crippen LogP contribution in [0, 0.1) is 0 Å². The van der Waals surface area contributed by atoms with Crippen molar-refractivity contribution in [3.63, 3.8) is 0 Å². The molecule has 55 heavy (non-hydrogen) atoms. The molecule has 1 aliphatic carbocycles. The highest BCUT2D eigenvalue weighted by molar-refractivity contribution is 6.27. The molecule has 3 heteroatoms. The zero-order valence-electron chi connectivity index (χ0n) is 29.9. The van der Waals surface area contributed by atoms with E-state index in [9.17, 15) is 0 Å². The average Bonchev–Trinajstić information content (AvgIpc) is 3.58. The summed E-state index contributed by atoms with van der Waals surface area (Å²) in [5.41, 5.74) is 9.67. The van der Waals surface area contributed by atoms with Crippen LogP contribution in [0.4, 0.5) is 0 Å². The van der Waals surface area contributed by atoms with Crippen LogP contribution in [0.15, 0.2) is 200 Å². The minimum Gasteiger partial charge on any atom is -0.208 e. The Morgan fingerprint density at radius 1 is 0.309 bits per heavy atom. The van der Waals surface area contributed by atoms with E-state index in [4.69, 9.17) is 15.0 Å². The van der Waals surface area contributed by atoms with Crippen LogP contribution >= 0.6 is 0 Å². The van der Waals surface area contributed by atoms with Crippen molar-refractivity contribution in [1.82, 2.24) is 15.0 Å². The van der Waals surface area contributed by atoms with Gasteiger partial charge in [-0.05, 0) is 71.8 Å². The van der Waals surface area contributed by atoms with Gasteiger partial charge in [-0.25, -0.2) is 15.0 Å². The zero-order valence-corrected chi connectivity index (χ0v) is 29.9. The molecule has 0 spiro atoms. The summed E-state index contributed by atoms with van der Waals surface area (Å²) in [5.74, 6) is 1.95. The molecule has 0 aliphatic heterocycles. The van der Waals surface area contributed by atoms with Gasteiger partial charge in [0.2, 0.25) is 0 Å². The SMILES string of the molecule is c1ccc(-c2nc(-c3ccccc3)nc(-c3ccc4c(c3)-c3ccc5c6ccccc6c6ccccc6c5c3C4(c3ccccc3)c3ccccc3)n2)cc1. The molecular weight excluding hydrogens is 667 g/mol. The van der Waals surface area contributed by atoms with Crippen molar-refractivity contribution in [2.75, 3.05) is 0 Å². The Hall–Kier alpha value is -7.23. The van der Waals surface area contributed by atoms with Gasteiger partial charge in [-0.2, -0.15) is 0 Å². The molecule has 10 aromatic rings. The molecule has 9 aromatic carbocycles. The molecule has 0 unspecified atom stereocenters. The summed E-state index contributed by atoms with van der Waals surface area (Å²) in [6.07, 6.45) is 0. The maximum Gasteiger partial charge on any atom is 0.164 e. The maximum atomic E-state index is 5.14. The van der Waals surface area contributed by atoms with E-state index in [0.29, 0.717) is 17.5 Å². The first kappa shape index (κ1) is 31.3. The lowest BCUT2D eigenvalue weighted by atomic mass is 9.66. The number of benzene rings is 9. The Morgan fingerprint density at radius 2 is 0.727 bits per heavy atom. The molecule has 1 aliphatic rings. The van der Waals surface area contributed by atoms with Crippen molar-refractivity contribution < 1.29 is 0 Å². The normalized spacial score (nSPS) is 12.9. The van der Waals surface area contributed by atoms with E-state index in [0.717, 1.165) is 16.7 Å². The summed E-state index contributed by atoms with van der Waals surface area (Å²) in [4.78, 5) is 15.2. The molecule has 0 atom stereocenters. The number of nitrogens with zero attached hydrogens (tertiary/aromatic N) is 3. The maximum absolute atomic E-state index is 5.14. The van der Waals surface area contributed by atoms with Crippen LogP contribution < -0.4 is 0 Å². The predicted octanol–water partition coefficient (Wildman–Crippen LogP) is 12.7. The lowest BCUT2D eigenvalue weighted by Crippen LogP contribution is -2.28. The largest absolute Gasteiger partial charge is 0.208 e. The van der Waals surface area contributed by atoms with E-state index in [1.165, 1.54) is 65.7 Å². The van der Waals surface area contributed by atoms with Crippen molar-refractivity contribution in [3.05, 3.63) is 222 Å². The molecule has 256 valence electrons. The van der Waals surface area contributed by atoms with Crippen molar-refractivity contribution in [3.8, 4) is 45.3 Å². The van der Waals surface area contributed by atoms with E-state index >= 15 is 0 Å². The smallest absolute Gasteiger partial charge is 0.164 e. The minimum atomic E-state index is -0.597. The highest BCUT2D eigenvalue weighted by atomic mass is 15.0. The van der Waals surface area contributed by atoms with Gasteiger partial charge in [-0.15, -0.1) is 0 Å². The van der Waals surface area contributed by atoms with Gasteiger partial charge in [-0.1, -0.05) is 194 Å². The summed E-state index contributed by atoms with van der Waals surface area (Å²) < 4.78 is 0. The van der Waals surface area contributed by atoms with Gasteiger partial charge in [0.15, 0.2) is 17.5 Å². The van der Waals surface area contributed by atoms with Gasteiger partial charge in [-0.3, -0.25) is 0 Å². The van der Waals surface area contributed by atoms with Crippen molar-refractivity contribution in [1.29, 1.82) is 0 Å². The highest BCUT2D eigenvalue weighted by Crippen LogP contribution is 2.59. The summed E-state index contributed by atoms with van der Waals surface area (Å²) >= 11 is 0. The molecule has 3 nitrogen and oxygen atoms in total. The predicted molar refractivity (Wildman–Crippen MR) is 226 cm³/mol. The third kappa shape index (κ3) is 4.73. The van der Waals surface area contributed by atoms with E-state index in [1.807, 2.05) is 36.4 Å².